The van der Waals surface area contributed by atoms with Gasteiger partial charge in [0, 0.05) is 23.8 Å². The average Bonchev–Trinajstić information content (AvgIpc) is 3.09. The van der Waals surface area contributed by atoms with E-state index in [4.69, 9.17) is 0 Å². The van der Waals surface area contributed by atoms with Crippen molar-refractivity contribution in [3.05, 3.63) is 77.6 Å². The number of hydrogen-bond acceptors (Lipinski definition) is 5. The highest BCUT2D eigenvalue weighted by Crippen LogP contribution is 2.28. The molecule has 0 aliphatic carbocycles. The first-order valence-corrected chi connectivity index (χ1v) is 8.80. The maximum Gasteiger partial charge on any atom is 0.189 e. The fourth-order valence-electron chi connectivity index (χ4n) is 2.40. The van der Waals surface area contributed by atoms with Crippen LogP contribution >= 0.6 is 11.3 Å². The van der Waals surface area contributed by atoms with Gasteiger partial charge < -0.3 is 9.80 Å². The van der Waals surface area contributed by atoms with E-state index in [0.29, 0.717) is 12.4 Å². The van der Waals surface area contributed by atoms with Crippen LogP contribution in [0.15, 0.2) is 60.3 Å². The zero-order valence-electron chi connectivity index (χ0n) is 14.5. The van der Waals surface area contributed by atoms with Crippen LogP contribution in [0.4, 0.5) is 25.4 Å². The van der Waals surface area contributed by atoms with E-state index in [-0.39, 0.29) is 11.6 Å². The first kappa shape index (κ1) is 18.0. The number of pyridine rings is 1. The number of halogens is 2. The fourth-order valence-corrected chi connectivity index (χ4v) is 3.20. The van der Waals surface area contributed by atoms with Gasteiger partial charge in [0.05, 0.1) is 18.4 Å². The molecule has 0 fully saturated rings. The highest BCUT2D eigenvalue weighted by molar-refractivity contribution is 7.13. The molecule has 26 heavy (non-hydrogen) atoms. The van der Waals surface area contributed by atoms with Gasteiger partial charge >= 0.3 is 0 Å². The van der Waals surface area contributed by atoms with Crippen LogP contribution in [0.3, 0.4) is 0 Å². The maximum absolute atomic E-state index is 13.1. The van der Waals surface area contributed by atoms with Gasteiger partial charge in [-0.3, -0.25) is 0 Å². The number of thiazole rings is 1. The Labute approximate surface area is 155 Å². The van der Waals surface area contributed by atoms with Crippen molar-refractivity contribution in [2.24, 2.45) is 0 Å². The van der Waals surface area contributed by atoms with Crippen LogP contribution in [0.5, 0.6) is 0 Å². The van der Waals surface area contributed by atoms with E-state index in [2.05, 4.69) is 16.5 Å². The molecule has 1 aromatic carbocycles. The summed E-state index contributed by atoms with van der Waals surface area (Å²) in [6, 6.07) is 9.24. The second-order valence-electron chi connectivity index (χ2n) is 5.81. The Morgan fingerprint density at radius 3 is 2.42 bits per heavy atom. The van der Waals surface area contributed by atoms with E-state index < -0.39 is 0 Å². The topological polar surface area (TPSA) is 32.3 Å². The monoisotopic (exact) mass is 372 g/mol. The molecule has 0 unspecified atom stereocenters. The normalized spacial score (nSPS) is 10.6. The molecule has 7 heteroatoms. The Morgan fingerprint density at radius 1 is 1.12 bits per heavy atom. The van der Waals surface area contributed by atoms with Gasteiger partial charge in [-0.2, -0.15) is 0 Å². The number of rotatable bonds is 6. The summed E-state index contributed by atoms with van der Waals surface area (Å²) >= 11 is 1.49. The lowest BCUT2D eigenvalue weighted by Gasteiger charge is -2.22. The zero-order chi connectivity index (χ0) is 18.7. The molecule has 0 spiro atoms. The highest BCUT2D eigenvalue weighted by atomic mass is 32.1. The molecular formula is C19H18F2N4S. The fraction of sp³-hybridized carbons (Fsp3) is 0.158. The second kappa shape index (κ2) is 7.61. The van der Waals surface area contributed by atoms with Gasteiger partial charge in [0.1, 0.15) is 17.5 Å². The van der Waals surface area contributed by atoms with Crippen molar-refractivity contribution in [2.75, 3.05) is 16.8 Å². The summed E-state index contributed by atoms with van der Waals surface area (Å²) in [6.45, 7) is 6.31. The quantitative estimate of drug-likeness (QED) is 0.601. The van der Waals surface area contributed by atoms with Crippen LogP contribution in [-0.2, 0) is 6.54 Å². The van der Waals surface area contributed by atoms with Crippen LogP contribution in [0.1, 0.15) is 12.6 Å². The molecule has 0 radical (unpaired) electrons. The number of allylic oxidation sites excluding steroid dienone is 1. The predicted octanol–water partition coefficient (Wildman–Crippen LogP) is 5.12. The molecule has 0 amide bonds. The van der Waals surface area contributed by atoms with Gasteiger partial charge in [0.2, 0.25) is 0 Å². The molecule has 2 heterocycles. The third kappa shape index (κ3) is 4.05. The van der Waals surface area contributed by atoms with E-state index in [1.165, 1.54) is 35.7 Å². The van der Waals surface area contributed by atoms with Gasteiger partial charge in [0.25, 0.3) is 0 Å². The highest BCUT2D eigenvalue weighted by Gasteiger charge is 2.14. The minimum atomic E-state index is -0.382. The molecule has 2 aromatic heterocycles. The molecule has 0 saturated carbocycles. The second-order valence-corrected chi connectivity index (χ2v) is 6.65. The van der Waals surface area contributed by atoms with Gasteiger partial charge in [-0.05, 0) is 43.3 Å². The molecule has 0 saturated heterocycles. The van der Waals surface area contributed by atoms with Gasteiger partial charge in [-0.1, -0.05) is 6.58 Å². The van der Waals surface area contributed by atoms with Crippen molar-refractivity contribution in [3.63, 3.8) is 0 Å². The Hall–Kier alpha value is -2.80. The lowest BCUT2D eigenvalue weighted by Crippen LogP contribution is -2.21. The predicted molar refractivity (Wildman–Crippen MR) is 102 cm³/mol. The summed E-state index contributed by atoms with van der Waals surface area (Å²) < 4.78 is 26.2. The van der Waals surface area contributed by atoms with E-state index in [0.717, 1.165) is 22.2 Å². The van der Waals surface area contributed by atoms with E-state index >= 15 is 0 Å². The number of benzene rings is 1. The van der Waals surface area contributed by atoms with Crippen molar-refractivity contribution >= 4 is 28.0 Å². The molecule has 0 aliphatic rings. The molecule has 134 valence electrons. The van der Waals surface area contributed by atoms with Gasteiger partial charge in [-0.25, -0.2) is 18.7 Å². The van der Waals surface area contributed by atoms with Crippen LogP contribution in [-0.4, -0.2) is 17.0 Å². The first-order chi connectivity index (χ1) is 12.4. The molecule has 0 bridgehead atoms. The first-order valence-electron chi connectivity index (χ1n) is 7.92. The third-order valence-corrected chi connectivity index (χ3v) is 4.78. The van der Waals surface area contributed by atoms with Gasteiger partial charge in [-0.15, -0.1) is 11.3 Å². The number of nitrogens with zero attached hydrogens (tertiary/aromatic N) is 4. The van der Waals surface area contributed by atoms with Gasteiger partial charge in [0.15, 0.2) is 5.13 Å². The molecule has 4 nitrogen and oxygen atoms in total. The largest absolute Gasteiger partial charge is 0.325 e. The van der Waals surface area contributed by atoms with Crippen molar-refractivity contribution in [1.29, 1.82) is 0 Å². The molecule has 3 rings (SSSR count). The van der Waals surface area contributed by atoms with Crippen molar-refractivity contribution in [2.45, 2.75) is 13.5 Å². The minimum Gasteiger partial charge on any atom is -0.325 e. The van der Waals surface area contributed by atoms with Crippen molar-refractivity contribution in [1.82, 2.24) is 9.97 Å². The summed E-state index contributed by atoms with van der Waals surface area (Å²) in [7, 11) is 1.88. The Kier molecular flexibility index (Phi) is 5.27. The third-order valence-electron chi connectivity index (χ3n) is 3.81. The SMILES string of the molecule is C=C(C)N(Cc1csc(N(C)c2ccc(F)cc2)n1)c1ccc(F)cn1. The van der Waals surface area contributed by atoms with Crippen LogP contribution < -0.4 is 9.80 Å². The number of hydrogen-bond donors (Lipinski definition) is 0. The van der Waals surface area contributed by atoms with E-state index in [9.17, 15) is 8.78 Å². The minimum absolute atomic E-state index is 0.272. The average molecular weight is 372 g/mol. The smallest absolute Gasteiger partial charge is 0.189 e. The Morgan fingerprint density at radius 2 is 1.81 bits per heavy atom. The molecular weight excluding hydrogens is 354 g/mol. The van der Waals surface area contributed by atoms with E-state index in [1.54, 1.807) is 18.2 Å². The standard InChI is InChI=1S/C19H18F2N4S/c1-13(2)25(18-9-6-15(21)10-22-18)11-16-12-26-19(23-16)24(3)17-7-4-14(20)5-8-17/h4-10,12H,1,11H2,2-3H3. The van der Waals surface area contributed by atoms with Crippen molar-refractivity contribution in [3.8, 4) is 0 Å². The van der Waals surface area contributed by atoms with Crippen molar-refractivity contribution < 1.29 is 8.78 Å². The maximum atomic E-state index is 13.1. The molecule has 0 N–H and O–H groups in total. The molecule has 0 aliphatic heterocycles. The van der Waals surface area contributed by atoms with Crippen LogP contribution in [0.25, 0.3) is 0 Å². The molecule has 3 aromatic rings. The summed E-state index contributed by atoms with van der Waals surface area (Å²) in [5.74, 6) is -0.0431. The lowest BCUT2D eigenvalue weighted by molar-refractivity contribution is 0.620. The molecule has 0 atom stereocenters. The summed E-state index contributed by atoms with van der Waals surface area (Å²) in [6.07, 6.45) is 1.18. The van der Waals surface area contributed by atoms with Crippen LogP contribution in [0.2, 0.25) is 0 Å². The lowest BCUT2D eigenvalue weighted by atomic mass is 10.3. The van der Waals surface area contributed by atoms with Crippen LogP contribution in [0, 0.1) is 11.6 Å². The summed E-state index contributed by atoms with van der Waals surface area (Å²) in [5.41, 5.74) is 2.47. The summed E-state index contributed by atoms with van der Waals surface area (Å²) in [5, 5.41) is 2.75. The Balaban J connectivity index is 1.78. The zero-order valence-corrected chi connectivity index (χ0v) is 15.3. The number of anilines is 3. The summed E-state index contributed by atoms with van der Waals surface area (Å²) in [4.78, 5) is 12.5. The number of aromatic nitrogens is 2. The van der Waals surface area contributed by atoms with E-state index in [1.807, 2.05) is 29.2 Å². The Bertz CT molecular complexity index is 891.